The van der Waals surface area contributed by atoms with Gasteiger partial charge in [0.05, 0.1) is 10.5 Å². The van der Waals surface area contributed by atoms with Crippen molar-refractivity contribution in [1.82, 2.24) is 9.38 Å². The van der Waals surface area contributed by atoms with Crippen LogP contribution in [0.3, 0.4) is 0 Å². The van der Waals surface area contributed by atoms with E-state index in [2.05, 4.69) is 4.98 Å². The van der Waals surface area contributed by atoms with Crippen molar-refractivity contribution in [3.05, 3.63) is 34.9 Å². The van der Waals surface area contributed by atoms with E-state index >= 15 is 0 Å². The summed E-state index contributed by atoms with van der Waals surface area (Å²) in [5.41, 5.74) is 5.82. The Morgan fingerprint density at radius 1 is 1.62 bits per heavy atom. The lowest BCUT2D eigenvalue weighted by Gasteiger charge is -1.99. The molecule has 2 aromatic heterocycles. The van der Waals surface area contributed by atoms with Crippen molar-refractivity contribution >= 4 is 23.1 Å². The second kappa shape index (κ2) is 4.11. The first-order valence-electron chi connectivity index (χ1n) is 4.74. The Hall–Kier alpha value is -1.59. The number of halogens is 1. The fourth-order valence-electron chi connectivity index (χ4n) is 1.61. The van der Waals surface area contributed by atoms with E-state index in [1.165, 1.54) is 0 Å². The number of rotatable bonds is 3. The number of carbonyl (C=O) groups is 1. The van der Waals surface area contributed by atoms with E-state index in [-0.39, 0.29) is 5.69 Å². The number of carboxylic acid groups (broad SMARTS) is 1. The quantitative estimate of drug-likeness (QED) is 0.843. The lowest BCUT2D eigenvalue weighted by Crippen LogP contribution is -2.06. The predicted octanol–water partition coefficient (Wildman–Crippen LogP) is 1.19. The van der Waals surface area contributed by atoms with Gasteiger partial charge in [-0.3, -0.25) is 0 Å². The van der Waals surface area contributed by atoms with Gasteiger partial charge in [0.1, 0.15) is 5.82 Å². The summed E-state index contributed by atoms with van der Waals surface area (Å²) in [6.45, 7) is 0.407. The van der Waals surface area contributed by atoms with Crippen LogP contribution in [-0.4, -0.2) is 27.0 Å². The summed E-state index contributed by atoms with van der Waals surface area (Å²) in [6.07, 6.45) is 2.24. The van der Waals surface area contributed by atoms with Crippen LogP contribution >= 0.6 is 11.6 Å². The predicted molar refractivity (Wildman–Crippen MR) is 59.9 cm³/mol. The molecule has 0 saturated heterocycles. The van der Waals surface area contributed by atoms with Crippen molar-refractivity contribution in [3.63, 3.8) is 0 Å². The number of fused-ring (bicyclic) bond motifs is 1. The van der Waals surface area contributed by atoms with Crippen LogP contribution in [0.1, 0.15) is 16.3 Å². The van der Waals surface area contributed by atoms with Gasteiger partial charge >= 0.3 is 5.97 Å². The molecular weight excluding hydrogens is 230 g/mol. The van der Waals surface area contributed by atoms with Crippen molar-refractivity contribution in [2.75, 3.05) is 6.54 Å². The SMILES string of the molecule is NCCc1nc(C(=O)O)c2c(Cl)cccn12. The average molecular weight is 240 g/mol. The zero-order valence-corrected chi connectivity index (χ0v) is 9.11. The summed E-state index contributed by atoms with van der Waals surface area (Å²) in [4.78, 5) is 15.1. The van der Waals surface area contributed by atoms with Crippen LogP contribution < -0.4 is 5.73 Å². The number of pyridine rings is 1. The summed E-state index contributed by atoms with van der Waals surface area (Å²) >= 11 is 5.96. The third kappa shape index (κ3) is 1.64. The Kier molecular flexibility index (Phi) is 2.80. The monoisotopic (exact) mass is 239 g/mol. The number of hydrogen-bond acceptors (Lipinski definition) is 3. The number of hydrogen-bond donors (Lipinski definition) is 2. The van der Waals surface area contributed by atoms with E-state index in [1.807, 2.05) is 0 Å². The molecule has 5 nitrogen and oxygen atoms in total. The summed E-state index contributed by atoms with van der Waals surface area (Å²) in [5, 5.41) is 9.39. The fourth-order valence-corrected chi connectivity index (χ4v) is 1.87. The van der Waals surface area contributed by atoms with Gasteiger partial charge in [-0.2, -0.15) is 0 Å². The Labute approximate surface area is 96.5 Å². The molecule has 16 heavy (non-hydrogen) atoms. The second-order valence-corrected chi connectivity index (χ2v) is 3.70. The molecule has 0 unspecified atom stereocenters. The van der Waals surface area contributed by atoms with E-state index in [0.29, 0.717) is 29.3 Å². The zero-order valence-electron chi connectivity index (χ0n) is 8.35. The number of carboxylic acids is 1. The first-order chi connectivity index (χ1) is 7.65. The molecule has 0 saturated carbocycles. The maximum Gasteiger partial charge on any atom is 0.356 e. The fraction of sp³-hybridized carbons (Fsp3) is 0.200. The average Bonchev–Trinajstić information content (AvgIpc) is 2.60. The third-order valence-corrected chi connectivity index (χ3v) is 2.56. The smallest absolute Gasteiger partial charge is 0.356 e. The highest BCUT2D eigenvalue weighted by Crippen LogP contribution is 2.22. The summed E-state index contributed by atoms with van der Waals surface area (Å²) in [6, 6.07) is 3.37. The standard InChI is InChI=1S/C10H10ClN3O2/c11-6-2-1-5-14-7(3-4-12)13-8(9(6)14)10(15)16/h1-2,5H,3-4,12H2,(H,15,16). The molecule has 2 rings (SSSR count). The summed E-state index contributed by atoms with van der Waals surface area (Å²) < 4.78 is 1.67. The highest BCUT2D eigenvalue weighted by atomic mass is 35.5. The van der Waals surface area contributed by atoms with Gasteiger partial charge in [0.15, 0.2) is 5.69 Å². The molecule has 0 amide bonds. The molecule has 0 atom stereocenters. The van der Waals surface area contributed by atoms with Crippen molar-refractivity contribution < 1.29 is 9.90 Å². The Morgan fingerprint density at radius 3 is 3.00 bits per heavy atom. The van der Waals surface area contributed by atoms with Gasteiger partial charge in [0, 0.05) is 12.6 Å². The highest BCUT2D eigenvalue weighted by molar-refractivity contribution is 6.34. The first kappa shape index (κ1) is 10.9. The highest BCUT2D eigenvalue weighted by Gasteiger charge is 2.18. The zero-order chi connectivity index (χ0) is 11.7. The normalized spacial score (nSPS) is 10.9. The molecule has 6 heteroatoms. The lowest BCUT2D eigenvalue weighted by atomic mass is 10.3. The van der Waals surface area contributed by atoms with Crippen LogP contribution in [0.15, 0.2) is 18.3 Å². The van der Waals surface area contributed by atoms with Crippen LogP contribution in [0.5, 0.6) is 0 Å². The van der Waals surface area contributed by atoms with Crippen molar-refractivity contribution in [2.24, 2.45) is 5.73 Å². The van der Waals surface area contributed by atoms with Crippen LogP contribution in [0.25, 0.3) is 5.52 Å². The minimum Gasteiger partial charge on any atom is -0.476 e. The van der Waals surface area contributed by atoms with Gasteiger partial charge in [0.25, 0.3) is 0 Å². The minimum atomic E-state index is -1.09. The Bertz CT molecular complexity index is 550. The van der Waals surface area contributed by atoms with Gasteiger partial charge in [-0.25, -0.2) is 9.78 Å². The van der Waals surface area contributed by atoms with Gasteiger partial charge in [-0.05, 0) is 18.7 Å². The molecular formula is C10H10ClN3O2. The van der Waals surface area contributed by atoms with Gasteiger partial charge in [-0.15, -0.1) is 0 Å². The van der Waals surface area contributed by atoms with Crippen molar-refractivity contribution in [3.8, 4) is 0 Å². The van der Waals surface area contributed by atoms with E-state index < -0.39 is 5.97 Å². The molecule has 0 aromatic carbocycles. The number of aromatic nitrogens is 2. The topological polar surface area (TPSA) is 80.6 Å². The number of nitrogens with two attached hydrogens (primary N) is 1. The molecule has 0 spiro atoms. The molecule has 0 fully saturated rings. The molecule has 0 aliphatic rings. The summed E-state index contributed by atoms with van der Waals surface area (Å²) in [7, 11) is 0. The second-order valence-electron chi connectivity index (χ2n) is 3.30. The van der Waals surface area contributed by atoms with Crippen LogP contribution in [0, 0.1) is 0 Å². The van der Waals surface area contributed by atoms with Crippen LogP contribution in [0.2, 0.25) is 5.02 Å². The van der Waals surface area contributed by atoms with E-state index in [4.69, 9.17) is 22.4 Å². The molecule has 0 bridgehead atoms. The number of imidazole rings is 1. The van der Waals surface area contributed by atoms with Gasteiger partial charge < -0.3 is 15.2 Å². The molecule has 0 radical (unpaired) electrons. The first-order valence-corrected chi connectivity index (χ1v) is 5.11. The van der Waals surface area contributed by atoms with E-state index in [0.717, 1.165) is 0 Å². The maximum atomic E-state index is 11.0. The summed E-state index contributed by atoms with van der Waals surface area (Å²) in [5.74, 6) is -0.480. The largest absolute Gasteiger partial charge is 0.476 e. The van der Waals surface area contributed by atoms with Gasteiger partial charge in [0.2, 0.25) is 0 Å². The third-order valence-electron chi connectivity index (χ3n) is 2.26. The maximum absolute atomic E-state index is 11.0. The number of nitrogens with zero attached hydrogens (tertiary/aromatic N) is 2. The lowest BCUT2D eigenvalue weighted by molar-refractivity contribution is 0.0693. The van der Waals surface area contributed by atoms with Crippen LogP contribution in [0.4, 0.5) is 0 Å². The van der Waals surface area contributed by atoms with E-state index in [1.54, 1.807) is 22.7 Å². The van der Waals surface area contributed by atoms with Crippen molar-refractivity contribution in [1.29, 1.82) is 0 Å². The molecule has 0 aliphatic heterocycles. The minimum absolute atomic E-state index is 0.0333. The molecule has 0 aliphatic carbocycles. The Balaban J connectivity index is 2.76. The Morgan fingerprint density at radius 2 is 2.38 bits per heavy atom. The molecule has 2 heterocycles. The van der Waals surface area contributed by atoms with E-state index in [9.17, 15) is 4.79 Å². The molecule has 84 valence electrons. The number of aromatic carboxylic acids is 1. The molecule has 2 aromatic rings. The van der Waals surface area contributed by atoms with Crippen LogP contribution in [-0.2, 0) is 6.42 Å². The van der Waals surface area contributed by atoms with Gasteiger partial charge in [-0.1, -0.05) is 11.6 Å². The molecule has 3 N–H and O–H groups in total. The van der Waals surface area contributed by atoms with Crippen molar-refractivity contribution in [2.45, 2.75) is 6.42 Å².